The summed E-state index contributed by atoms with van der Waals surface area (Å²) in [6.07, 6.45) is 3.35. The molecule has 3 rings (SSSR count). The van der Waals surface area contributed by atoms with Gasteiger partial charge >= 0.3 is 5.97 Å². The molecule has 2 aromatic carbocycles. The number of unbranched alkanes of at least 4 members (excludes halogenated alkanes) is 1. The summed E-state index contributed by atoms with van der Waals surface area (Å²) in [4.78, 5) is 15.5. The van der Waals surface area contributed by atoms with Crippen molar-refractivity contribution in [1.29, 1.82) is 0 Å². The quantitative estimate of drug-likeness (QED) is 0.259. The molecule has 0 atom stereocenters. The molecule has 2 N–H and O–H groups in total. The monoisotopic (exact) mass is 427 g/mol. The summed E-state index contributed by atoms with van der Waals surface area (Å²) in [6.45, 7) is 5.04. The Morgan fingerprint density at radius 1 is 0.935 bits per heavy atom. The summed E-state index contributed by atoms with van der Waals surface area (Å²) in [5, 5.41) is 21.1. The van der Waals surface area contributed by atoms with E-state index in [1.54, 1.807) is 0 Å². The lowest BCUT2D eigenvalue weighted by Gasteiger charge is -2.36. The largest absolute Gasteiger partial charge is 0.481 e. The SMILES string of the molecule is O=C(O)CCC(=NO)c1ccc(CCCCN2CCN(c3ccc(F)cc3)CC2)cc1. The number of piperazine rings is 1. The number of benzene rings is 2. The molecular weight excluding hydrogens is 397 g/mol. The van der Waals surface area contributed by atoms with Crippen molar-refractivity contribution in [2.24, 2.45) is 5.16 Å². The van der Waals surface area contributed by atoms with E-state index in [0.717, 1.165) is 63.2 Å². The lowest BCUT2D eigenvalue weighted by atomic mass is 10.0. The van der Waals surface area contributed by atoms with Crippen LogP contribution >= 0.6 is 0 Å². The Morgan fingerprint density at radius 3 is 2.23 bits per heavy atom. The van der Waals surface area contributed by atoms with Crippen LogP contribution in [0.25, 0.3) is 0 Å². The molecule has 0 radical (unpaired) electrons. The molecule has 166 valence electrons. The van der Waals surface area contributed by atoms with Gasteiger partial charge in [0.15, 0.2) is 0 Å². The number of hydrogen-bond acceptors (Lipinski definition) is 5. The number of halogens is 1. The van der Waals surface area contributed by atoms with Crippen LogP contribution in [0.2, 0.25) is 0 Å². The molecule has 0 aliphatic carbocycles. The van der Waals surface area contributed by atoms with Gasteiger partial charge in [0.2, 0.25) is 0 Å². The summed E-state index contributed by atoms with van der Waals surface area (Å²) in [6, 6.07) is 14.5. The summed E-state index contributed by atoms with van der Waals surface area (Å²) in [5.74, 6) is -1.10. The van der Waals surface area contributed by atoms with Crippen LogP contribution in [0, 0.1) is 5.82 Å². The maximum Gasteiger partial charge on any atom is 0.303 e. The number of hydrogen-bond donors (Lipinski definition) is 2. The molecule has 0 amide bonds. The average molecular weight is 428 g/mol. The Morgan fingerprint density at radius 2 is 1.61 bits per heavy atom. The highest BCUT2D eigenvalue weighted by molar-refractivity contribution is 6.01. The number of oxime groups is 1. The highest BCUT2D eigenvalue weighted by Crippen LogP contribution is 2.17. The lowest BCUT2D eigenvalue weighted by molar-refractivity contribution is -0.136. The number of carboxylic acids is 1. The molecule has 0 unspecified atom stereocenters. The van der Waals surface area contributed by atoms with Gasteiger partial charge in [-0.3, -0.25) is 9.69 Å². The number of aryl methyl sites for hydroxylation is 1. The van der Waals surface area contributed by atoms with Crippen molar-refractivity contribution in [1.82, 2.24) is 4.90 Å². The number of carbonyl (C=O) groups is 1. The van der Waals surface area contributed by atoms with E-state index in [2.05, 4.69) is 15.0 Å². The van der Waals surface area contributed by atoms with Crippen molar-refractivity contribution in [2.75, 3.05) is 37.6 Å². The zero-order valence-corrected chi connectivity index (χ0v) is 17.7. The Hall–Kier alpha value is -2.93. The molecule has 0 spiro atoms. The Kier molecular flexibility index (Phi) is 8.41. The highest BCUT2D eigenvalue weighted by Gasteiger charge is 2.16. The van der Waals surface area contributed by atoms with Gasteiger partial charge in [-0.2, -0.15) is 0 Å². The summed E-state index contributed by atoms with van der Waals surface area (Å²) in [7, 11) is 0. The topological polar surface area (TPSA) is 76.4 Å². The van der Waals surface area contributed by atoms with Gasteiger partial charge < -0.3 is 15.2 Å². The van der Waals surface area contributed by atoms with E-state index in [1.807, 2.05) is 36.4 Å². The Bertz CT molecular complexity index is 861. The van der Waals surface area contributed by atoms with Crippen LogP contribution in [0.5, 0.6) is 0 Å². The zero-order valence-electron chi connectivity index (χ0n) is 17.7. The first-order valence-corrected chi connectivity index (χ1v) is 10.8. The third kappa shape index (κ3) is 7.07. The molecule has 31 heavy (non-hydrogen) atoms. The fraction of sp³-hybridized carbons (Fsp3) is 0.417. The van der Waals surface area contributed by atoms with Crippen molar-refractivity contribution >= 4 is 17.4 Å². The van der Waals surface area contributed by atoms with E-state index in [-0.39, 0.29) is 18.7 Å². The van der Waals surface area contributed by atoms with Crippen molar-refractivity contribution < 1.29 is 19.5 Å². The number of anilines is 1. The normalized spacial score (nSPS) is 15.3. The molecule has 0 bridgehead atoms. The fourth-order valence-corrected chi connectivity index (χ4v) is 3.89. The van der Waals surface area contributed by atoms with Crippen LogP contribution in [0.15, 0.2) is 53.7 Å². The smallest absolute Gasteiger partial charge is 0.303 e. The maximum absolute atomic E-state index is 13.1. The first-order valence-electron chi connectivity index (χ1n) is 10.8. The molecule has 1 heterocycles. The third-order valence-electron chi connectivity index (χ3n) is 5.74. The first-order chi connectivity index (χ1) is 15.0. The Labute approximate surface area is 182 Å². The Balaban J connectivity index is 1.35. The third-order valence-corrected chi connectivity index (χ3v) is 5.74. The number of nitrogens with zero attached hydrogens (tertiary/aromatic N) is 3. The van der Waals surface area contributed by atoms with Gasteiger partial charge in [0, 0.05) is 38.3 Å². The molecule has 1 aliphatic rings. The predicted molar refractivity (Wildman–Crippen MR) is 120 cm³/mol. The standard InChI is InChI=1S/C24H30FN3O3/c25-21-8-10-22(11-9-21)28-17-15-27(16-18-28)14-2-1-3-19-4-6-20(7-5-19)23(26-31)12-13-24(29)30/h4-11,31H,1-3,12-18H2,(H,29,30). The molecular formula is C24H30FN3O3. The van der Waals surface area contributed by atoms with Crippen molar-refractivity contribution in [3.8, 4) is 0 Å². The van der Waals surface area contributed by atoms with E-state index >= 15 is 0 Å². The van der Waals surface area contributed by atoms with Crippen molar-refractivity contribution in [3.63, 3.8) is 0 Å². The van der Waals surface area contributed by atoms with Crippen molar-refractivity contribution in [3.05, 3.63) is 65.5 Å². The van der Waals surface area contributed by atoms with E-state index in [4.69, 9.17) is 10.3 Å². The van der Waals surface area contributed by atoms with E-state index in [0.29, 0.717) is 5.71 Å². The van der Waals surface area contributed by atoms with Gasteiger partial charge in [-0.25, -0.2) is 4.39 Å². The van der Waals surface area contributed by atoms with Gasteiger partial charge in [-0.05, 0) is 61.2 Å². The predicted octanol–water partition coefficient (Wildman–Crippen LogP) is 4.01. The molecule has 6 nitrogen and oxygen atoms in total. The minimum absolute atomic E-state index is 0.0562. The highest BCUT2D eigenvalue weighted by atomic mass is 19.1. The molecule has 1 aliphatic heterocycles. The molecule has 0 aromatic heterocycles. The van der Waals surface area contributed by atoms with Crippen LogP contribution in [0.4, 0.5) is 10.1 Å². The molecule has 0 saturated carbocycles. The van der Waals surface area contributed by atoms with E-state index in [9.17, 15) is 9.18 Å². The fourth-order valence-electron chi connectivity index (χ4n) is 3.89. The molecule has 1 fully saturated rings. The average Bonchev–Trinajstić information content (AvgIpc) is 2.79. The van der Waals surface area contributed by atoms with E-state index < -0.39 is 5.97 Å². The van der Waals surface area contributed by atoms with E-state index in [1.165, 1.54) is 17.7 Å². The summed E-state index contributed by atoms with van der Waals surface area (Å²) >= 11 is 0. The lowest BCUT2D eigenvalue weighted by Crippen LogP contribution is -2.46. The van der Waals surface area contributed by atoms with Crippen LogP contribution < -0.4 is 4.90 Å². The van der Waals surface area contributed by atoms with Gasteiger partial charge in [0.05, 0.1) is 12.1 Å². The second-order valence-electron chi connectivity index (χ2n) is 7.90. The second-order valence-corrected chi connectivity index (χ2v) is 7.90. The van der Waals surface area contributed by atoms with Crippen LogP contribution in [-0.2, 0) is 11.2 Å². The number of rotatable bonds is 10. The molecule has 7 heteroatoms. The summed E-state index contributed by atoms with van der Waals surface area (Å²) in [5.41, 5.74) is 3.46. The van der Waals surface area contributed by atoms with Crippen LogP contribution in [-0.4, -0.2) is 59.6 Å². The van der Waals surface area contributed by atoms with Gasteiger partial charge in [0.25, 0.3) is 0 Å². The van der Waals surface area contributed by atoms with Gasteiger partial charge in [-0.15, -0.1) is 0 Å². The van der Waals surface area contributed by atoms with Gasteiger partial charge in [-0.1, -0.05) is 29.4 Å². The number of carboxylic acid groups (broad SMARTS) is 1. The number of aliphatic carboxylic acids is 1. The van der Waals surface area contributed by atoms with Gasteiger partial charge in [0.1, 0.15) is 5.82 Å². The maximum atomic E-state index is 13.1. The summed E-state index contributed by atoms with van der Waals surface area (Å²) < 4.78 is 13.1. The second kappa shape index (κ2) is 11.5. The molecule has 2 aromatic rings. The van der Waals surface area contributed by atoms with Crippen LogP contribution in [0.1, 0.15) is 36.8 Å². The zero-order chi connectivity index (χ0) is 22.1. The first kappa shape index (κ1) is 22.7. The minimum Gasteiger partial charge on any atom is -0.481 e. The van der Waals surface area contributed by atoms with Crippen molar-refractivity contribution in [2.45, 2.75) is 32.1 Å². The van der Waals surface area contributed by atoms with Crippen LogP contribution in [0.3, 0.4) is 0 Å². The minimum atomic E-state index is -0.908. The molecule has 1 saturated heterocycles.